The van der Waals surface area contributed by atoms with Crippen LogP contribution in [0.5, 0.6) is 5.75 Å². The highest BCUT2D eigenvalue weighted by Crippen LogP contribution is 2.26. The molecule has 114 valence electrons. The normalized spacial score (nSPS) is 21.4. The molecule has 0 radical (unpaired) electrons. The van der Waals surface area contributed by atoms with Crippen LogP contribution in [0.2, 0.25) is 0 Å². The molecular formula is C14H19N3O4. The Morgan fingerprint density at radius 3 is 2.86 bits per heavy atom. The molecule has 0 fully saturated rings. The number of hydrogen-bond acceptors (Lipinski definition) is 5. The quantitative estimate of drug-likeness (QED) is 0.822. The molecule has 0 aromatic carbocycles. The minimum Gasteiger partial charge on any atom is -0.484 e. The fourth-order valence-electron chi connectivity index (χ4n) is 1.87. The first-order valence-electron chi connectivity index (χ1n) is 6.68. The van der Waals surface area contributed by atoms with Gasteiger partial charge in [-0.15, -0.1) is 0 Å². The number of anilines is 1. The van der Waals surface area contributed by atoms with Crippen molar-refractivity contribution in [2.24, 2.45) is 0 Å². The van der Waals surface area contributed by atoms with E-state index in [-0.39, 0.29) is 0 Å². The van der Waals surface area contributed by atoms with Crippen molar-refractivity contribution >= 4 is 17.8 Å². The van der Waals surface area contributed by atoms with E-state index in [1.54, 1.807) is 46.0 Å². The summed E-state index contributed by atoms with van der Waals surface area (Å²) in [6.45, 7) is 6.95. The van der Waals surface area contributed by atoms with E-state index in [2.05, 4.69) is 15.6 Å². The molecule has 2 amide bonds. The van der Waals surface area contributed by atoms with Gasteiger partial charge in [0.25, 0.3) is 5.91 Å². The minimum atomic E-state index is -0.867. The molecule has 0 saturated carbocycles. The monoisotopic (exact) mass is 293 g/mol. The number of carbonyl (C=O) groups excluding carboxylic acids is 2. The van der Waals surface area contributed by atoms with Gasteiger partial charge in [-0.1, -0.05) is 0 Å². The van der Waals surface area contributed by atoms with E-state index >= 15 is 0 Å². The van der Waals surface area contributed by atoms with E-state index in [0.29, 0.717) is 11.6 Å². The maximum Gasteiger partial charge on any atom is 0.408 e. The number of ether oxygens (including phenoxy) is 2. The van der Waals surface area contributed by atoms with Crippen LogP contribution < -0.4 is 15.4 Å². The Morgan fingerprint density at radius 1 is 1.48 bits per heavy atom. The zero-order valence-corrected chi connectivity index (χ0v) is 12.5. The highest BCUT2D eigenvalue weighted by atomic mass is 16.6. The zero-order chi connectivity index (χ0) is 15.6. The summed E-state index contributed by atoms with van der Waals surface area (Å²) in [6, 6.07) is 2.54. The molecule has 2 atom stereocenters. The average Bonchev–Trinajstić information content (AvgIpc) is 2.46. The van der Waals surface area contributed by atoms with Crippen LogP contribution in [-0.2, 0) is 9.53 Å². The third-order valence-corrected chi connectivity index (χ3v) is 2.75. The Hall–Kier alpha value is -2.31. The summed E-state index contributed by atoms with van der Waals surface area (Å²) in [5.74, 6) is 0.403. The Kier molecular flexibility index (Phi) is 4.02. The molecule has 0 saturated heterocycles. The summed E-state index contributed by atoms with van der Waals surface area (Å²) in [5, 5.41) is 5.15. The summed E-state index contributed by atoms with van der Waals surface area (Å²) >= 11 is 0. The Morgan fingerprint density at radius 2 is 2.19 bits per heavy atom. The molecule has 2 N–H and O–H groups in total. The maximum absolute atomic E-state index is 12.2. The van der Waals surface area contributed by atoms with Crippen LogP contribution in [0.4, 0.5) is 10.6 Å². The molecule has 1 aliphatic rings. The number of pyridine rings is 1. The summed E-state index contributed by atoms with van der Waals surface area (Å²) < 4.78 is 10.8. The smallest absolute Gasteiger partial charge is 0.408 e. The lowest BCUT2D eigenvalue weighted by molar-refractivity contribution is -0.119. The van der Waals surface area contributed by atoms with Crippen LogP contribution in [0.1, 0.15) is 27.7 Å². The Labute approximate surface area is 123 Å². The van der Waals surface area contributed by atoms with Crippen molar-refractivity contribution in [2.75, 3.05) is 5.32 Å². The lowest BCUT2D eigenvalue weighted by atomic mass is 10.1. The van der Waals surface area contributed by atoms with Gasteiger partial charge in [-0.05, 0) is 39.8 Å². The van der Waals surface area contributed by atoms with E-state index in [0.717, 1.165) is 0 Å². The second-order valence-electron chi connectivity index (χ2n) is 5.79. The van der Waals surface area contributed by atoms with Gasteiger partial charge in [0.2, 0.25) is 0 Å². The van der Waals surface area contributed by atoms with E-state index in [1.165, 1.54) is 0 Å². The van der Waals surface area contributed by atoms with E-state index in [1.807, 2.05) is 0 Å². The standard InChI is InChI=1S/C14H19N3O4/c1-8-10(16-13(19)21-14(2,3)4)12(18)17-11-9(20-8)6-5-7-15-11/h5-8,10H,1-4H3,(H,16,19)(H,15,17,18). The first-order valence-corrected chi connectivity index (χ1v) is 6.68. The summed E-state index contributed by atoms with van der Waals surface area (Å²) in [7, 11) is 0. The minimum absolute atomic E-state index is 0.336. The van der Waals surface area contributed by atoms with E-state index in [4.69, 9.17) is 9.47 Å². The zero-order valence-electron chi connectivity index (χ0n) is 12.5. The maximum atomic E-state index is 12.2. The number of rotatable bonds is 1. The van der Waals surface area contributed by atoms with Crippen LogP contribution >= 0.6 is 0 Å². The topological polar surface area (TPSA) is 89.5 Å². The number of amides is 2. The van der Waals surface area contributed by atoms with Gasteiger partial charge in [0, 0.05) is 6.20 Å². The predicted molar refractivity (Wildman–Crippen MR) is 76.1 cm³/mol. The van der Waals surface area contributed by atoms with Crippen molar-refractivity contribution in [3.63, 3.8) is 0 Å². The Bertz CT molecular complexity index is 553. The van der Waals surface area contributed by atoms with Crippen molar-refractivity contribution in [1.82, 2.24) is 10.3 Å². The van der Waals surface area contributed by atoms with Crippen LogP contribution in [0.25, 0.3) is 0 Å². The van der Waals surface area contributed by atoms with Crippen molar-refractivity contribution < 1.29 is 19.1 Å². The Balaban J connectivity index is 2.11. The van der Waals surface area contributed by atoms with Crippen LogP contribution in [0.3, 0.4) is 0 Å². The van der Waals surface area contributed by atoms with Crippen LogP contribution in [-0.4, -0.2) is 34.7 Å². The van der Waals surface area contributed by atoms with Crippen molar-refractivity contribution in [3.05, 3.63) is 18.3 Å². The van der Waals surface area contributed by atoms with Crippen LogP contribution in [0, 0.1) is 0 Å². The molecule has 7 heteroatoms. The first kappa shape index (κ1) is 15.1. The number of fused-ring (bicyclic) bond motifs is 1. The van der Waals surface area contributed by atoms with Gasteiger partial charge < -0.3 is 20.1 Å². The average molecular weight is 293 g/mol. The number of nitrogens with one attached hydrogen (secondary N) is 2. The van der Waals surface area contributed by atoms with Gasteiger partial charge in [-0.2, -0.15) is 0 Å². The summed E-state index contributed by atoms with van der Waals surface area (Å²) in [6.07, 6.45) is 0.328. The number of hydrogen-bond donors (Lipinski definition) is 2. The van der Waals surface area contributed by atoms with Gasteiger partial charge in [0.1, 0.15) is 17.7 Å². The molecule has 0 spiro atoms. The lowest BCUT2D eigenvalue weighted by Crippen LogP contribution is -2.52. The van der Waals surface area contributed by atoms with Crippen LogP contribution in [0.15, 0.2) is 18.3 Å². The fourth-order valence-corrected chi connectivity index (χ4v) is 1.87. The first-order chi connectivity index (χ1) is 9.76. The number of alkyl carbamates (subject to hydrolysis) is 1. The molecule has 1 aromatic rings. The van der Waals surface area contributed by atoms with Crippen molar-refractivity contribution in [2.45, 2.75) is 45.4 Å². The molecule has 0 bridgehead atoms. The SMILES string of the molecule is CC1Oc2cccnc2NC(=O)C1NC(=O)OC(C)(C)C. The predicted octanol–water partition coefficient (Wildman–Crippen LogP) is 1.69. The largest absolute Gasteiger partial charge is 0.484 e. The highest BCUT2D eigenvalue weighted by Gasteiger charge is 2.34. The second kappa shape index (κ2) is 5.59. The third kappa shape index (κ3) is 3.84. The molecule has 2 rings (SSSR count). The van der Waals surface area contributed by atoms with Crippen molar-refractivity contribution in [1.29, 1.82) is 0 Å². The van der Waals surface area contributed by atoms with Gasteiger partial charge in [0.05, 0.1) is 0 Å². The fraction of sp³-hybridized carbons (Fsp3) is 0.500. The van der Waals surface area contributed by atoms with E-state index in [9.17, 15) is 9.59 Å². The van der Waals surface area contributed by atoms with Gasteiger partial charge in [-0.3, -0.25) is 4.79 Å². The van der Waals surface area contributed by atoms with E-state index < -0.39 is 29.7 Å². The summed E-state index contributed by atoms with van der Waals surface area (Å²) in [5.41, 5.74) is -0.639. The molecule has 0 aliphatic carbocycles. The number of carbonyl (C=O) groups is 2. The molecule has 21 heavy (non-hydrogen) atoms. The second-order valence-corrected chi connectivity index (χ2v) is 5.79. The van der Waals surface area contributed by atoms with Gasteiger partial charge in [-0.25, -0.2) is 9.78 Å². The molecule has 1 aliphatic heterocycles. The molecular weight excluding hydrogens is 274 g/mol. The molecule has 7 nitrogen and oxygen atoms in total. The van der Waals surface area contributed by atoms with Gasteiger partial charge in [0.15, 0.2) is 11.6 Å². The number of nitrogens with zero attached hydrogens (tertiary/aromatic N) is 1. The number of aromatic nitrogens is 1. The third-order valence-electron chi connectivity index (χ3n) is 2.75. The molecule has 1 aromatic heterocycles. The summed E-state index contributed by atoms with van der Waals surface area (Å²) in [4.78, 5) is 28.0. The molecule has 2 unspecified atom stereocenters. The molecule has 2 heterocycles. The lowest BCUT2D eigenvalue weighted by Gasteiger charge is -2.24. The van der Waals surface area contributed by atoms with Gasteiger partial charge >= 0.3 is 6.09 Å². The highest BCUT2D eigenvalue weighted by molar-refractivity contribution is 5.98. The van der Waals surface area contributed by atoms with Crippen molar-refractivity contribution in [3.8, 4) is 5.75 Å².